The second-order valence-corrected chi connectivity index (χ2v) is 4.14. The number of carbonyl (C=O) groups excluding carboxylic acids is 1. The number of benzene rings is 1. The largest absolute Gasteiger partial charge is 0.453 e. The van der Waals surface area contributed by atoms with Gasteiger partial charge in [-0.2, -0.15) is 0 Å². The van der Waals surface area contributed by atoms with Gasteiger partial charge in [0.25, 0.3) is 0 Å². The third-order valence-corrected chi connectivity index (χ3v) is 3.05. The van der Waals surface area contributed by atoms with Crippen LogP contribution in [0.5, 0.6) is 0 Å². The summed E-state index contributed by atoms with van der Waals surface area (Å²) in [5, 5.41) is 2.67. The molecule has 1 aromatic rings. The quantitative estimate of drug-likeness (QED) is 0.853. The molecule has 86 valence electrons. The monoisotopic (exact) mass is 223 g/mol. The van der Waals surface area contributed by atoms with Crippen molar-refractivity contribution in [2.45, 2.75) is 18.3 Å². The van der Waals surface area contributed by atoms with Crippen molar-refractivity contribution in [3.05, 3.63) is 35.6 Å². The maximum Gasteiger partial charge on any atom is 0.406 e. The van der Waals surface area contributed by atoms with E-state index >= 15 is 0 Å². The molecule has 0 atom stereocenters. The molecule has 1 aliphatic carbocycles. The summed E-state index contributed by atoms with van der Waals surface area (Å²) in [5.74, 6) is -0.234. The molecule has 1 fully saturated rings. The zero-order chi connectivity index (χ0) is 11.6. The lowest BCUT2D eigenvalue weighted by Gasteiger charge is -2.16. The minimum Gasteiger partial charge on any atom is -0.453 e. The average Bonchev–Trinajstić information content (AvgIpc) is 3.07. The highest BCUT2D eigenvalue weighted by Crippen LogP contribution is 2.47. The van der Waals surface area contributed by atoms with Crippen molar-refractivity contribution in [1.82, 2.24) is 5.32 Å². The Labute approximate surface area is 93.6 Å². The molecule has 0 unspecified atom stereocenters. The summed E-state index contributed by atoms with van der Waals surface area (Å²) in [7, 11) is 1.33. The molecular weight excluding hydrogens is 209 g/mol. The highest BCUT2D eigenvalue weighted by Gasteiger charge is 2.44. The van der Waals surface area contributed by atoms with Gasteiger partial charge in [0.1, 0.15) is 5.82 Å². The lowest BCUT2D eigenvalue weighted by Crippen LogP contribution is -2.32. The first-order chi connectivity index (χ1) is 7.66. The summed E-state index contributed by atoms with van der Waals surface area (Å²) >= 11 is 0. The molecule has 0 radical (unpaired) electrons. The first-order valence-electron chi connectivity index (χ1n) is 5.24. The van der Waals surface area contributed by atoms with Gasteiger partial charge in [0, 0.05) is 12.0 Å². The molecule has 3 nitrogen and oxygen atoms in total. The van der Waals surface area contributed by atoms with E-state index in [4.69, 9.17) is 0 Å². The van der Waals surface area contributed by atoms with Gasteiger partial charge in [0.05, 0.1) is 7.11 Å². The van der Waals surface area contributed by atoms with E-state index in [-0.39, 0.29) is 11.2 Å². The van der Waals surface area contributed by atoms with Gasteiger partial charge < -0.3 is 10.1 Å². The van der Waals surface area contributed by atoms with Crippen LogP contribution in [0.15, 0.2) is 24.3 Å². The average molecular weight is 223 g/mol. The van der Waals surface area contributed by atoms with Crippen molar-refractivity contribution in [3.8, 4) is 0 Å². The van der Waals surface area contributed by atoms with Crippen LogP contribution in [-0.2, 0) is 10.2 Å². The highest BCUT2D eigenvalue weighted by molar-refractivity contribution is 5.67. The van der Waals surface area contributed by atoms with Crippen molar-refractivity contribution < 1.29 is 13.9 Å². The third kappa shape index (κ3) is 2.15. The molecule has 16 heavy (non-hydrogen) atoms. The Hall–Kier alpha value is -1.58. The number of nitrogens with one attached hydrogen (secondary N) is 1. The maximum absolute atomic E-state index is 13.1. The normalized spacial score (nSPS) is 16.6. The zero-order valence-electron chi connectivity index (χ0n) is 9.13. The summed E-state index contributed by atoms with van der Waals surface area (Å²) < 4.78 is 17.6. The summed E-state index contributed by atoms with van der Waals surface area (Å²) in [6, 6.07) is 6.55. The molecule has 4 heteroatoms. The minimum atomic E-state index is -0.442. The smallest absolute Gasteiger partial charge is 0.406 e. The van der Waals surface area contributed by atoms with Gasteiger partial charge in [-0.15, -0.1) is 0 Å². The van der Waals surface area contributed by atoms with Gasteiger partial charge in [-0.3, -0.25) is 0 Å². The number of rotatable bonds is 3. The number of hydrogen-bond acceptors (Lipinski definition) is 2. The molecule has 1 saturated carbocycles. The summed E-state index contributed by atoms with van der Waals surface area (Å²) in [6.07, 6.45) is 1.50. The van der Waals surface area contributed by atoms with E-state index in [2.05, 4.69) is 10.1 Å². The summed E-state index contributed by atoms with van der Waals surface area (Å²) in [5.41, 5.74) is 0.861. The van der Waals surface area contributed by atoms with Crippen LogP contribution in [0.4, 0.5) is 9.18 Å². The first kappa shape index (κ1) is 10.9. The van der Waals surface area contributed by atoms with Gasteiger partial charge in [-0.25, -0.2) is 9.18 Å². The lowest BCUT2D eigenvalue weighted by atomic mass is 9.96. The van der Waals surface area contributed by atoms with Crippen molar-refractivity contribution in [1.29, 1.82) is 0 Å². The van der Waals surface area contributed by atoms with E-state index in [1.54, 1.807) is 6.07 Å². The number of methoxy groups -OCH3 is 1. The van der Waals surface area contributed by atoms with Crippen LogP contribution in [0.25, 0.3) is 0 Å². The number of amides is 1. The Kier molecular flexibility index (Phi) is 2.81. The number of halogens is 1. The lowest BCUT2D eigenvalue weighted by molar-refractivity contribution is 0.170. The van der Waals surface area contributed by atoms with Gasteiger partial charge >= 0.3 is 6.09 Å². The fraction of sp³-hybridized carbons (Fsp3) is 0.417. The van der Waals surface area contributed by atoms with E-state index in [0.717, 1.165) is 18.4 Å². The molecule has 0 saturated heterocycles. The predicted molar refractivity (Wildman–Crippen MR) is 57.7 cm³/mol. The molecule has 1 aromatic carbocycles. The molecule has 1 N–H and O–H groups in total. The number of ether oxygens (including phenoxy) is 1. The predicted octanol–water partition coefficient (Wildman–Crippen LogP) is 2.21. The number of carbonyl (C=O) groups is 1. The van der Waals surface area contributed by atoms with Crippen LogP contribution >= 0.6 is 0 Å². The Morgan fingerprint density at radius 2 is 2.31 bits per heavy atom. The van der Waals surface area contributed by atoms with E-state index < -0.39 is 6.09 Å². The summed E-state index contributed by atoms with van der Waals surface area (Å²) in [4.78, 5) is 11.0. The standard InChI is InChI=1S/C12H14FNO2/c1-16-11(15)14-8-12(5-6-12)9-3-2-4-10(13)7-9/h2-4,7H,5-6,8H2,1H3,(H,14,15). The summed E-state index contributed by atoms with van der Waals surface area (Å²) in [6.45, 7) is 0.503. The van der Waals surface area contributed by atoms with E-state index in [1.165, 1.54) is 19.2 Å². The molecule has 0 aliphatic heterocycles. The Morgan fingerprint density at radius 1 is 1.56 bits per heavy atom. The molecule has 1 amide bonds. The van der Waals surface area contributed by atoms with E-state index in [1.807, 2.05) is 6.07 Å². The number of hydrogen-bond donors (Lipinski definition) is 1. The van der Waals surface area contributed by atoms with Crippen molar-refractivity contribution in [2.75, 3.05) is 13.7 Å². The molecule has 0 spiro atoms. The van der Waals surface area contributed by atoms with Gasteiger partial charge in [0.2, 0.25) is 0 Å². The van der Waals surface area contributed by atoms with E-state index in [9.17, 15) is 9.18 Å². The fourth-order valence-corrected chi connectivity index (χ4v) is 1.85. The molecule has 1 aliphatic rings. The topological polar surface area (TPSA) is 38.3 Å². The number of alkyl carbamates (subject to hydrolysis) is 1. The minimum absolute atomic E-state index is 0.0870. The molecule has 0 bridgehead atoms. The van der Waals surface area contributed by atoms with Gasteiger partial charge in [-0.05, 0) is 30.5 Å². The van der Waals surface area contributed by atoms with Gasteiger partial charge in [-0.1, -0.05) is 12.1 Å². The van der Waals surface area contributed by atoms with Crippen molar-refractivity contribution in [2.24, 2.45) is 0 Å². The van der Waals surface area contributed by atoms with Crippen molar-refractivity contribution in [3.63, 3.8) is 0 Å². The second kappa shape index (κ2) is 4.12. The molecule has 0 heterocycles. The van der Waals surface area contributed by atoms with Crippen LogP contribution in [0.1, 0.15) is 18.4 Å². The molecule has 0 aromatic heterocycles. The molecular formula is C12H14FNO2. The van der Waals surface area contributed by atoms with Crippen molar-refractivity contribution >= 4 is 6.09 Å². The Morgan fingerprint density at radius 3 is 2.88 bits per heavy atom. The highest BCUT2D eigenvalue weighted by atomic mass is 19.1. The van der Waals surface area contributed by atoms with Crippen LogP contribution in [-0.4, -0.2) is 19.7 Å². The van der Waals surface area contributed by atoms with Gasteiger partial charge in [0.15, 0.2) is 0 Å². The fourth-order valence-electron chi connectivity index (χ4n) is 1.85. The second-order valence-electron chi connectivity index (χ2n) is 4.14. The zero-order valence-corrected chi connectivity index (χ0v) is 9.13. The van der Waals surface area contributed by atoms with Crippen LogP contribution < -0.4 is 5.32 Å². The molecule has 2 rings (SSSR count). The third-order valence-electron chi connectivity index (χ3n) is 3.05. The Bertz CT molecular complexity index is 402. The Balaban J connectivity index is 2.05. The van der Waals surface area contributed by atoms with Crippen LogP contribution in [0.2, 0.25) is 0 Å². The van der Waals surface area contributed by atoms with E-state index in [0.29, 0.717) is 6.54 Å². The van der Waals surface area contributed by atoms with Crippen LogP contribution in [0, 0.1) is 5.82 Å². The van der Waals surface area contributed by atoms with Crippen LogP contribution in [0.3, 0.4) is 0 Å². The first-order valence-corrected chi connectivity index (χ1v) is 5.24. The SMILES string of the molecule is COC(=O)NCC1(c2cccc(F)c2)CC1. The maximum atomic E-state index is 13.1.